The van der Waals surface area contributed by atoms with Crippen LogP contribution in [0, 0.1) is 11.6 Å². The van der Waals surface area contributed by atoms with Crippen molar-refractivity contribution in [2.24, 2.45) is 0 Å². The maximum Gasteiger partial charge on any atom is 0.159 e. The fraction of sp³-hybridized carbons (Fsp3) is 0.455. The summed E-state index contributed by atoms with van der Waals surface area (Å²) in [5.41, 5.74) is 0.353. The van der Waals surface area contributed by atoms with Crippen molar-refractivity contribution in [2.45, 2.75) is 12.2 Å². The highest BCUT2D eigenvalue weighted by molar-refractivity contribution is 7.99. The SMILES string of the molecule is OC(c1ccc(F)c(F)c1)C1CSCCO1. The molecule has 2 rings (SSSR count). The number of hydrogen-bond acceptors (Lipinski definition) is 3. The Labute approximate surface area is 96.6 Å². The molecule has 0 radical (unpaired) electrons. The van der Waals surface area contributed by atoms with E-state index in [9.17, 15) is 13.9 Å². The van der Waals surface area contributed by atoms with Crippen molar-refractivity contribution in [3.63, 3.8) is 0 Å². The molecule has 0 aromatic heterocycles. The van der Waals surface area contributed by atoms with Crippen LogP contribution in [0.15, 0.2) is 18.2 Å². The Balaban J connectivity index is 2.12. The lowest BCUT2D eigenvalue weighted by atomic mass is 10.1. The third-order valence-corrected chi connectivity index (χ3v) is 3.50. The Morgan fingerprint density at radius 1 is 1.38 bits per heavy atom. The summed E-state index contributed by atoms with van der Waals surface area (Å²) in [6, 6.07) is 3.41. The summed E-state index contributed by atoms with van der Waals surface area (Å²) in [4.78, 5) is 0. The van der Waals surface area contributed by atoms with Crippen molar-refractivity contribution in [3.8, 4) is 0 Å². The van der Waals surface area contributed by atoms with E-state index in [1.54, 1.807) is 11.8 Å². The lowest BCUT2D eigenvalue weighted by Gasteiger charge is -2.27. The Bertz CT molecular complexity index is 367. The average Bonchev–Trinajstić information content (AvgIpc) is 2.33. The van der Waals surface area contributed by atoms with E-state index >= 15 is 0 Å². The van der Waals surface area contributed by atoms with Gasteiger partial charge in [-0.2, -0.15) is 11.8 Å². The van der Waals surface area contributed by atoms with Crippen LogP contribution in [0.25, 0.3) is 0 Å². The van der Waals surface area contributed by atoms with Crippen molar-refractivity contribution in [3.05, 3.63) is 35.4 Å². The lowest BCUT2D eigenvalue weighted by molar-refractivity contribution is -0.0228. The van der Waals surface area contributed by atoms with Gasteiger partial charge in [0.15, 0.2) is 11.6 Å². The summed E-state index contributed by atoms with van der Waals surface area (Å²) < 4.78 is 31.1. The molecule has 1 aromatic carbocycles. The highest BCUT2D eigenvalue weighted by Crippen LogP contribution is 2.26. The quantitative estimate of drug-likeness (QED) is 0.867. The standard InChI is InChI=1S/C11H12F2O2S/c12-8-2-1-7(5-9(8)13)11(14)10-6-16-4-3-15-10/h1-2,5,10-11,14H,3-4,6H2. The molecule has 1 fully saturated rings. The summed E-state index contributed by atoms with van der Waals surface area (Å²) in [6.07, 6.45) is -1.24. The predicted molar refractivity (Wildman–Crippen MR) is 58.4 cm³/mol. The van der Waals surface area contributed by atoms with Crippen molar-refractivity contribution in [1.29, 1.82) is 0 Å². The van der Waals surface area contributed by atoms with Crippen LogP contribution < -0.4 is 0 Å². The molecular weight excluding hydrogens is 234 g/mol. The topological polar surface area (TPSA) is 29.5 Å². The summed E-state index contributed by atoms with van der Waals surface area (Å²) in [7, 11) is 0. The molecule has 0 spiro atoms. The normalized spacial score (nSPS) is 23.1. The molecule has 2 unspecified atom stereocenters. The van der Waals surface area contributed by atoms with Gasteiger partial charge in [-0.3, -0.25) is 0 Å². The zero-order chi connectivity index (χ0) is 11.5. The molecule has 1 N–H and O–H groups in total. The van der Waals surface area contributed by atoms with Crippen LogP contribution >= 0.6 is 11.8 Å². The molecule has 88 valence electrons. The lowest BCUT2D eigenvalue weighted by Crippen LogP contribution is -2.29. The van der Waals surface area contributed by atoms with Crippen molar-refractivity contribution in [2.75, 3.05) is 18.1 Å². The molecule has 0 saturated carbocycles. The van der Waals surface area contributed by atoms with Gasteiger partial charge in [0.05, 0.1) is 12.7 Å². The smallest absolute Gasteiger partial charge is 0.159 e. The van der Waals surface area contributed by atoms with E-state index in [2.05, 4.69) is 0 Å². The number of ether oxygens (including phenoxy) is 1. The van der Waals surface area contributed by atoms with Crippen LogP contribution in [0.1, 0.15) is 11.7 Å². The summed E-state index contributed by atoms with van der Waals surface area (Å²) >= 11 is 1.68. The zero-order valence-electron chi connectivity index (χ0n) is 8.53. The summed E-state index contributed by atoms with van der Waals surface area (Å²) in [5.74, 6) is -0.281. The third kappa shape index (κ3) is 2.53. The van der Waals surface area contributed by atoms with Gasteiger partial charge in [0.25, 0.3) is 0 Å². The average molecular weight is 246 g/mol. The van der Waals surface area contributed by atoms with Gasteiger partial charge in [-0.25, -0.2) is 8.78 Å². The van der Waals surface area contributed by atoms with Crippen molar-refractivity contribution >= 4 is 11.8 Å². The van der Waals surface area contributed by atoms with Crippen molar-refractivity contribution < 1.29 is 18.6 Å². The van der Waals surface area contributed by atoms with E-state index in [1.165, 1.54) is 6.07 Å². The molecule has 1 aliphatic rings. The molecule has 16 heavy (non-hydrogen) atoms. The Hall–Kier alpha value is -0.650. The van der Waals surface area contributed by atoms with E-state index in [4.69, 9.17) is 4.74 Å². The minimum atomic E-state index is -0.944. The second-order valence-corrected chi connectivity index (χ2v) is 4.75. The van der Waals surface area contributed by atoms with E-state index in [0.717, 1.165) is 17.9 Å². The molecule has 0 bridgehead atoms. The van der Waals surface area contributed by atoms with Gasteiger partial charge < -0.3 is 9.84 Å². The van der Waals surface area contributed by atoms with Gasteiger partial charge in [-0.1, -0.05) is 6.07 Å². The van der Waals surface area contributed by atoms with Crippen LogP contribution in [0.5, 0.6) is 0 Å². The largest absolute Gasteiger partial charge is 0.386 e. The highest BCUT2D eigenvalue weighted by atomic mass is 32.2. The fourth-order valence-electron chi connectivity index (χ4n) is 1.60. The zero-order valence-corrected chi connectivity index (χ0v) is 9.34. The molecule has 2 atom stereocenters. The number of benzene rings is 1. The fourth-order valence-corrected chi connectivity index (χ4v) is 2.49. The van der Waals surface area contributed by atoms with Gasteiger partial charge in [-0.05, 0) is 17.7 Å². The molecule has 2 nitrogen and oxygen atoms in total. The third-order valence-electron chi connectivity index (χ3n) is 2.48. The molecule has 1 saturated heterocycles. The highest BCUT2D eigenvalue weighted by Gasteiger charge is 2.24. The van der Waals surface area contributed by atoms with Gasteiger partial charge in [0.1, 0.15) is 6.10 Å². The first kappa shape index (κ1) is 11.8. The Morgan fingerprint density at radius 2 is 2.19 bits per heavy atom. The number of halogens is 2. The van der Waals surface area contributed by atoms with E-state index in [1.807, 2.05) is 0 Å². The molecule has 0 aliphatic carbocycles. The molecule has 0 amide bonds. The van der Waals surface area contributed by atoms with E-state index < -0.39 is 17.7 Å². The minimum Gasteiger partial charge on any atom is -0.386 e. The van der Waals surface area contributed by atoms with E-state index in [-0.39, 0.29) is 6.10 Å². The first-order valence-corrected chi connectivity index (χ1v) is 6.16. The van der Waals surface area contributed by atoms with Crippen molar-refractivity contribution in [1.82, 2.24) is 0 Å². The number of aliphatic hydroxyl groups is 1. The second-order valence-electron chi connectivity index (χ2n) is 3.60. The number of aliphatic hydroxyl groups excluding tert-OH is 1. The van der Waals surface area contributed by atoms with E-state index in [0.29, 0.717) is 17.9 Å². The first-order chi connectivity index (χ1) is 7.68. The van der Waals surface area contributed by atoms with Crippen LogP contribution in [0.3, 0.4) is 0 Å². The summed E-state index contributed by atoms with van der Waals surface area (Å²) in [6.45, 7) is 0.579. The number of hydrogen-bond donors (Lipinski definition) is 1. The number of rotatable bonds is 2. The minimum absolute atomic E-state index is 0.344. The van der Waals surface area contributed by atoms with Crippen LogP contribution in [-0.2, 0) is 4.74 Å². The van der Waals surface area contributed by atoms with Gasteiger partial charge in [0, 0.05) is 11.5 Å². The molecule has 1 aliphatic heterocycles. The molecular formula is C11H12F2O2S. The van der Waals surface area contributed by atoms with Crippen LogP contribution in [-0.4, -0.2) is 29.3 Å². The van der Waals surface area contributed by atoms with Crippen LogP contribution in [0.4, 0.5) is 8.78 Å². The maximum absolute atomic E-state index is 13.0. The van der Waals surface area contributed by atoms with Gasteiger partial charge in [-0.15, -0.1) is 0 Å². The second kappa shape index (κ2) is 5.12. The predicted octanol–water partition coefficient (Wildman–Crippen LogP) is 2.13. The van der Waals surface area contributed by atoms with Crippen LogP contribution in [0.2, 0.25) is 0 Å². The molecule has 1 heterocycles. The Kier molecular flexibility index (Phi) is 3.78. The maximum atomic E-state index is 13.0. The molecule has 5 heteroatoms. The van der Waals surface area contributed by atoms with Gasteiger partial charge in [0.2, 0.25) is 0 Å². The first-order valence-electron chi connectivity index (χ1n) is 5.01. The number of thioether (sulfide) groups is 1. The summed E-state index contributed by atoms with van der Waals surface area (Å²) in [5, 5.41) is 9.93. The van der Waals surface area contributed by atoms with Gasteiger partial charge >= 0.3 is 0 Å². The monoisotopic (exact) mass is 246 g/mol. The molecule has 1 aromatic rings. The Morgan fingerprint density at radius 3 is 2.81 bits per heavy atom.